The maximum atomic E-state index is 13.0. The van der Waals surface area contributed by atoms with Gasteiger partial charge in [-0.05, 0) is 80.1 Å². The van der Waals surface area contributed by atoms with Gasteiger partial charge >= 0.3 is 0 Å². The van der Waals surface area contributed by atoms with Gasteiger partial charge < -0.3 is 0 Å². The Labute approximate surface area is 194 Å². The quantitative estimate of drug-likeness (QED) is 0.442. The number of hydrogen-bond acceptors (Lipinski definition) is 4. The third-order valence-corrected chi connectivity index (χ3v) is 12.7. The summed E-state index contributed by atoms with van der Waals surface area (Å²) in [7, 11) is -6.62. The Bertz CT molecular complexity index is 1140. The molecule has 0 aromatic carbocycles. The van der Waals surface area contributed by atoms with E-state index in [-0.39, 0.29) is 0 Å². The summed E-state index contributed by atoms with van der Waals surface area (Å²) in [6, 6.07) is 0. The lowest BCUT2D eigenvalue weighted by atomic mass is 9.72. The summed E-state index contributed by atoms with van der Waals surface area (Å²) in [6.45, 7) is 10.6. The van der Waals surface area contributed by atoms with E-state index in [2.05, 4.69) is 0 Å². The molecule has 0 aliphatic heterocycles. The van der Waals surface area contributed by atoms with Crippen molar-refractivity contribution >= 4 is 19.7 Å². The molecule has 0 fully saturated rings. The lowest BCUT2D eigenvalue weighted by Gasteiger charge is -2.36. The molecule has 0 unspecified atom stereocenters. The molecule has 176 valence electrons. The van der Waals surface area contributed by atoms with Crippen LogP contribution in [0.2, 0.25) is 0 Å². The molecule has 0 amide bonds. The normalized spacial score (nSPS) is 22.8. The van der Waals surface area contributed by atoms with Crippen molar-refractivity contribution in [2.45, 2.75) is 102 Å². The fourth-order valence-electron chi connectivity index (χ4n) is 5.20. The molecular formula is C26H36O4S2. The highest BCUT2D eigenvalue weighted by Gasteiger charge is 2.38. The summed E-state index contributed by atoms with van der Waals surface area (Å²) in [5.74, 6) is 0. The summed E-state index contributed by atoms with van der Waals surface area (Å²) >= 11 is 0. The molecule has 0 saturated carbocycles. The van der Waals surface area contributed by atoms with E-state index >= 15 is 0 Å². The van der Waals surface area contributed by atoms with Gasteiger partial charge in [0.25, 0.3) is 0 Å². The SMILES string of the molecule is CC(C)(C)S(=O)(=O)C1=CCC2=C(C1)CC1=C(C2)CC2=C(CC(S(=O)(=O)C(C)(C)C)=CC2)C1. The van der Waals surface area contributed by atoms with Crippen LogP contribution in [0.25, 0.3) is 0 Å². The van der Waals surface area contributed by atoms with Crippen LogP contribution in [0.3, 0.4) is 0 Å². The van der Waals surface area contributed by atoms with Gasteiger partial charge in [-0.25, -0.2) is 16.8 Å². The molecule has 4 aliphatic rings. The summed E-state index contributed by atoms with van der Waals surface area (Å²) in [5.41, 5.74) is 8.20. The summed E-state index contributed by atoms with van der Waals surface area (Å²) in [4.78, 5) is 1.14. The monoisotopic (exact) mass is 476 g/mol. The number of sulfone groups is 2. The molecule has 0 heterocycles. The first-order valence-electron chi connectivity index (χ1n) is 11.6. The van der Waals surface area contributed by atoms with Crippen LogP contribution in [0.5, 0.6) is 0 Å². The second-order valence-electron chi connectivity index (χ2n) is 11.7. The molecule has 4 aliphatic carbocycles. The van der Waals surface area contributed by atoms with Crippen LogP contribution in [-0.2, 0) is 19.7 Å². The second kappa shape index (κ2) is 7.56. The first-order valence-corrected chi connectivity index (χ1v) is 14.5. The molecule has 0 aromatic rings. The number of allylic oxidation sites excluding steroid dienone is 10. The van der Waals surface area contributed by atoms with E-state index in [0.29, 0.717) is 22.7 Å². The lowest BCUT2D eigenvalue weighted by Crippen LogP contribution is -2.31. The van der Waals surface area contributed by atoms with Crippen LogP contribution >= 0.6 is 0 Å². The van der Waals surface area contributed by atoms with Crippen molar-refractivity contribution in [3.05, 3.63) is 55.4 Å². The van der Waals surface area contributed by atoms with Crippen LogP contribution in [0.15, 0.2) is 55.4 Å². The molecule has 0 saturated heterocycles. The van der Waals surface area contributed by atoms with Gasteiger partial charge in [-0.3, -0.25) is 0 Å². The van der Waals surface area contributed by atoms with Crippen molar-refractivity contribution in [1.29, 1.82) is 0 Å². The van der Waals surface area contributed by atoms with Crippen LogP contribution < -0.4 is 0 Å². The van der Waals surface area contributed by atoms with Crippen LogP contribution in [0, 0.1) is 0 Å². The van der Waals surface area contributed by atoms with Gasteiger partial charge in [-0.15, -0.1) is 0 Å². The van der Waals surface area contributed by atoms with Gasteiger partial charge in [-0.2, -0.15) is 0 Å². The fourth-order valence-corrected chi connectivity index (χ4v) is 8.11. The van der Waals surface area contributed by atoms with Crippen molar-refractivity contribution in [2.24, 2.45) is 0 Å². The summed E-state index contributed by atoms with van der Waals surface area (Å²) in [6.07, 6.45) is 9.95. The van der Waals surface area contributed by atoms with Gasteiger partial charge in [0, 0.05) is 22.7 Å². The lowest BCUT2D eigenvalue weighted by molar-refractivity contribution is 0.564. The fraction of sp³-hybridized carbons (Fsp3) is 0.615. The Morgan fingerprint density at radius 3 is 1.09 bits per heavy atom. The summed E-state index contributed by atoms with van der Waals surface area (Å²) in [5, 5.41) is 0. The molecule has 0 bridgehead atoms. The van der Waals surface area contributed by atoms with Crippen LogP contribution in [-0.4, -0.2) is 26.3 Å². The molecule has 4 nitrogen and oxygen atoms in total. The van der Waals surface area contributed by atoms with Gasteiger partial charge in [-0.1, -0.05) is 45.6 Å². The van der Waals surface area contributed by atoms with E-state index in [1.54, 1.807) is 41.5 Å². The second-order valence-corrected chi connectivity index (χ2v) is 17.2. The highest BCUT2D eigenvalue weighted by Crippen LogP contribution is 2.49. The van der Waals surface area contributed by atoms with Gasteiger partial charge in [0.15, 0.2) is 19.7 Å². The van der Waals surface area contributed by atoms with Gasteiger partial charge in [0.1, 0.15) is 0 Å². The Morgan fingerprint density at radius 2 is 0.781 bits per heavy atom. The van der Waals surface area contributed by atoms with E-state index in [9.17, 15) is 16.8 Å². The van der Waals surface area contributed by atoms with E-state index < -0.39 is 29.2 Å². The Hall–Kier alpha value is -1.40. The molecule has 4 rings (SSSR count). The first-order chi connectivity index (χ1) is 14.6. The average Bonchev–Trinajstić information content (AvgIpc) is 2.68. The minimum atomic E-state index is -3.31. The molecule has 0 spiro atoms. The van der Waals surface area contributed by atoms with Crippen molar-refractivity contribution < 1.29 is 16.8 Å². The van der Waals surface area contributed by atoms with Crippen molar-refractivity contribution in [1.82, 2.24) is 0 Å². The highest BCUT2D eigenvalue weighted by molar-refractivity contribution is 7.96. The van der Waals surface area contributed by atoms with Crippen LogP contribution in [0.4, 0.5) is 0 Å². The third-order valence-electron chi connectivity index (χ3n) is 7.44. The average molecular weight is 477 g/mol. The number of hydrogen-bond donors (Lipinski definition) is 0. The largest absolute Gasteiger partial charge is 0.223 e. The topological polar surface area (TPSA) is 68.3 Å². The zero-order valence-corrected chi connectivity index (χ0v) is 21.9. The Morgan fingerprint density at radius 1 is 0.500 bits per heavy atom. The maximum absolute atomic E-state index is 13.0. The zero-order valence-electron chi connectivity index (χ0n) is 20.3. The van der Waals surface area contributed by atoms with Crippen molar-refractivity contribution in [2.75, 3.05) is 0 Å². The minimum absolute atomic E-state index is 0.529. The maximum Gasteiger partial charge on any atom is 0.179 e. The Balaban J connectivity index is 1.50. The smallest absolute Gasteiger partial charge is 0.179 e. The molecule has 0 atom stereocenters. The predicted octanol–water partition coefficient (Wildman–Crippen LogP) is 6.25. The first kappa shape index (κ1) is 23.7. The van der Waals surface area contributed by atoms with Crippen LogP contribution in [0.1, 0.15) is 92.9 Å². The molecule has 0 N–H and O–H groups in total. The molecule has 32 heavy (non-hydrogen) atoms. The van der Waals surface area contributed by atoms with Gasteiger partial charge in [0.2, 0.25) is 0 Å². The minimum Gasteiger partial charge on any atom is -0.223 e. The predicted molar refractivity (Wildman–Crippen MR) is 132 cm³/mol. The number of rotatable bonds is 2. The van der Waals surface area contributed by atoms with E-state index in [0.717, 1.165) is 38.5 Å². The van der Waals surface area contributed by atoms with E-state index in [4.69, 9.17) is 0 Å². The van der Waals surface area contributed by atoms with E-state index in [1.807, 2.05) is 12.2 Å². The van der Waals surface area contributed by atoms with Crippen molar-refractivity contribution in [3.8, 4) is 0 Å². The van der Waals surface area contributed by atoms with E-state index in [1.165, 1.54) is 33.4 Å². The Kier molecular flexibility index (Phi) is 5.61. The molecule has 0 aromatic heterocycles. The molecular weight excluding hydrogens is 440 g/mol. The standard InChI is InChI=1S/C26H36O4S2/c1-25(2,3)31(27,28)23-9-7-17-11-19-12-18-8-10-24(32(29,30)26(4,5)6)16-22(18)14-20(19)13-21(17)15-23/h9-10H,7-8,11-16H2,1-6H3. The highest BCUT2D eigenvalue weighted by atomic mass is 32.2. The molecule has 6 heteroatoms. The summed E-state index contributed by atoms with van der Waals surface area (Å²) < 4.78 is 50.4. The molecule has 0 radical (unpaired) electrons. The zero-order chi connectivity index (χ0) is 23.7. The third kappa shape index (κ3) is 3.91. The van der Waals surface area contributed by atoms with Gasteiger partial charge in [0.05, 0.1) is 9.49 Å². The van der Waals surface area contributed by atoms with Crippen molar-refractivity contribution in [3.63, 3.8) is 0 Å².